The van der Waals surface area contributed by atoms with Gasteiger partial charge in [0.15, 0.2) is 11.6 Å². The van der Waals surface area contributed by atoms with Gasteiger partial charge in [0.1, 0.15) is 0 Å². The Morgan fingerprint density at radius 1 is 1.56 bits per heavy atom. The number of ether oxygens (including phenoxy) is 1. The standard InChI is InChI=1S/C11H13FN2O3S/c1-8(7-18(14,15)16)6-17-11-3-2-9(5-13)4-10(11)12/h2-4,8H,6-7H2,1H3,(H2,14,15,16). The van der Waals surface area contributed by atoms with Crippen LogP contribution < -0.4 is 9.88 Å². The quantitative estimate of drug-likeness (QED) is 0.865. The molecule has 0 aromatic heterocycles. The van der Waals surface area contributed by atoms with E-state index in [0.717, 1.165) is 6.07 Å². The molecule has 0 aliphatic rings. The largest absolute Gasteiger partial charge is 0.490 e. The van der Waals surface area contributed by atoms with Crippen LogP contribution in [0.4, 0.5) is 4.39 Å². The number of nitriles is 1. The van der Waals surface area contributed by atoms with Crippen molar-refractivity contribution in [3.8, 4) is 11.8 Å². The molecular formula is C11H13FN2O3S. The summed E-state index contributed by atoms with van der Waals surface area (Å²) in [5.41, 5.74) is 0.192. The fraction of sp³-hybridized carbons (Fsp3) is 0.364. The Morgan fingerprint density at radius 2 is 2.22 bits per heavy atom. The molecule has 1 atom stereocenters. The molecular weight excluding hydrogens is 259 g/mol. The minimum absolute atomic E-state index is 0.0183. The van der Waals surface area contributed by atoms with Gasteiger partial charge in [-0.25, -0.2) is 17.9 Å². The first-order chi connectivity index (χ1) is 8.31. The van der Waals surface area contributed by atoms with Crippen molar-refractivity contribution in [3.63, 3.8) is 0 Å². The van der Waals surface area contributed by atoms with Crippen molar-refractivity contribution in [1.29, 1.82) is 5.26 Å². The van der Waals surface area contributed by atoms with Crippen molar-refractivity contribution in [2.45, 2.75) is 6.92 Å². The van der Waals surface area contributed by atoms with E-state index in [-0.39, 0.29) is 29.6 Å². The highest BCUT2D eigenvalue weighted by molar-refractivity contribution is 7.89. The van der Waals surface area contributed by atoms with E-state index in [1.165, 1.54) is 12.1 Å². The number of nitrogens with zero attached hydrogens (tertiary/aromatic N) is 1. The van der Waals surface area contributed by atoms with E-state index in [9.17, 15) is 12.8 Å². The third-order valence-electron chi connectivity index (χ3n) is 2.10. The molecule has 0 fully saturated rings. The molecule has 18 heavy (non-hydrogen) atoms. The van der Waals surface area contributed by atoms with Gasteiger partial charge in [0.2, 0.25) is 10.0 Å². The predicted octanol–water partition coefficient (Wildman–Crippen LogP) is 1.00. The van der Waals surface area contributed by atoms with Crippen LogP contribution in [0.1, 0.15) is 12.5 Å². The molecule has 1 aromatic rings. The molecule has 0 saturated heterocycles. The summed E-state index contributed by atoms with van der Waals surface area (Å²) in [6.07, 6.45) is 0. The summed E-state index contributed by atoms with van der Waals surface area (Å²) >= 11 is 0. The first-order valence-corrected chi connectivity index (χ1v) is 6.86. The van der Waals surface area contributed by atoms with Gasteiger partial charge in [-0.05, 0) is 18.2 Å². The number of sulfonamides is 1. The van der Waals surface area contributed by atoms with Gasteiger partial charge in [-0.1, -0.05) is 6.92 Å². The van der Waals surface area contributed by atoms with E-state index < -0.39 is 15.8 Å². The smallest absolute Gasteiger partial charge is 0.209 e. The van der Waals surface area contributed by atoms with E-state index in [0.29, 0.717) is 0 Å². The lowest BCUT2D eigenvalue weighted by atomic mass is 10.2. The summed E-state index contributed by atoms with van der Waals surface area (Å²) in [7, 11) is -3.57. The molecule has 0 radical (unpaired) electrons. The van der Waals surface area contributed by atoms with Gasteiger partial charge in [0, 0.05) is 5.92 Å². The van der Waals surface area contributed by atoms with Gasteiger partial charge in [0.05, 0.1) is 24.0 Å². The van der Waals surface area contributed by atoms with E-state index in [2.05, 4.69) is 0 Å². The number of hydrogen-bond donors (Lipinski definition) is 1. The minimum atomic E-state index is -3.57. The van der Waals surface area contributed by atoms with Crippen molar-refractivity contribution in [1.82, 2.24) is 0 Å². The molecule has 0 amide bonds. The zero-order valence-corrected chi connectivity index (χ0v) is 10.6. The van der Waals surface area contributed by atoms with Gasteiger partial charge < -0.3 is 4.74 Å². The summed E-state index contributed by atoms with van der Waals surface area (Å²) in [5, 5.41) is 13.4. The van der Waals surface area contributed by atoms with Gasteiger partial charge in [-0.2, -0.15) is 5.26 Å². The molecule has 0 aliphatic carbocycles. The minimum Gasteiger partial charge on any atom is -0.490 e. The third-order valence-corrected chi connectivity index (χ3v) is 3.13. The van der Waals surface area contributed by atoms with Crippen LogP contribution in [-0.2, 0) is 10.0 Å². The number of hydrogen-bond acceptors (Lipinski definition) is 4. The Bertz CT molecular complexity index is 566. The zero-order valence-electron chi connectivity index (χ0n) is 9.76. The number of benzene rings is 1. The van der Waals surface area contributed by atoms with Crippen LogP contribution in [0.25, 0.3) is 0 Å². The fourth-order valence-corrected chi connectivity index (χ4v) is 2.25. The normalized spacial score (nSPS) is 12.8. The molecule has 1 aromatic carbocycles. The van der Waals surface area contributed by atoms with Crippen LogP contribution in [0.5, 0.6) is 5.75 Å². The van der Waals surface area contributed by atoms with Gasteiger partial charge in [0.25, 0.3) is 0 Å². The molecule has 2 N–H and O–H groups in total. The van der Waals surface area contributed by atoms with Gasteiger partial charge >= 0.3 is 0 Å². The Balaban J connectivity index is 2.62. The van der Waals surface area contributed by atoms with E-state index in [1.54, 1.807) is 13.0 Å². The van der Waals surface area contributed by atoms with Crippen molar-refractivity contribution < 1.29 is 17.5 Å². The molecule has 0 bridgehead atoms. The Labute approximate surface area is 105 Å². The molecule has 0 aliphatic heterocycles. The van der Waals surface area contributed by atoms with Crippen LogP contribution >= 0.6 is 0 Å². The lowest BCUT2D eigenvalue weighted by molar-refractivity contribution is 0.260. The molecule has 0 saturated carbocycles. The second-order valence-corrected chi connectivity index (χ2v) is 5.66. The van der Waals surface area contributed by atoms with E-state index in [4.69, 9.17) is 15.1 Å². The maximum Gasteiger partial charge on any atom is 0.209 e. The molecule has 1 unspecified atom stereocenters. The summed E-state index contributed by atoms with van der Waals surface area (Å²) in [6, 6.07) is 5.61. The molecule has 0 spiro atoms. The molecule has 1 rings (SSSR count). The Morgan fingerprint density at radius 3 is 2.72 bits per heavy atom. The topological polar surface area (TPSA) is 93.2 Å². The van der Waals surface area contributed by atoms with Gasteiger partial charge in [-0.15, -0.1) is 0 Å². The highest BCUT2D eigenvalue weighted by Gasteiger charge is 2.13. The lowest BCUT2D eigenvalue weighted by Crippen LogP contribution is -2.25. The molecule has 98 valence electrons. The van der Waals surface area contributed by atoms with E-state index >= 15 is 0 Å². The predicted molar refractivity (Wildman–Crippen MR) is 63.7 cm³/mol. The highest BCUT2D eigenvalue weighted by Crippen LogP contribution is 2.18. The Hall–Kier alpha value is -1.65. The monoisotopic (exact) mass is 272 g/mol. The molecule has 7 heteroatoms. The van der Waals surface area contributed by atoms with Crippen molar-refractivity contribution >= 4 is 10.0 Å². The average molecular weight is 272 g/mol. The van der Waals surface area contributed by atoms with Crippen molar-refractivity contribution in [3.05, 3.63) is 29.6 Å². The lowest BCUT2D eigenvalue weighted by Gasteiger charge is -2.12. The van der Waals surface area contributed by atoms with Crippen molar-refractivity contribution in [2.75, 3.05) is 12.4 Å². The van der Waals surface area contributed by atoms with Crippen LogP contribution in [0.2, 0.25) is 0 Å². The summed E-state index contributed by atoms with van der Waals surface area (Å²) in [5.74, 6) is -1.26. The second-order valence-electron chi connectivity index (χ2n) is 4.00. The summed E-state index contributed by atoms with van der Waals surface area (Å²) < 4.78 is 40.2. The summed E-state index contributed by atoms with van der Waals surface area (Å²) in [4.78, 5) is 0. The number of rotatable bonds is 5. The zero-order chi connectivity index (χ0) is 13.8. The maximum absolute atomic E-state index is 13.4. The SMILES string of the molecule is CC(COc1ccc(C#N)cc1F)CS(N)(=O)=O. The maximum atomic E-state index is 13.4. The number of nitrogens with two attached hydrogens (primary N) is 1. The second kappa shape index (κ2) is 5.80. The van der Waals surface area contributed by atoms with Crippen LogP contribution in [0.3, 0.4) is 0 Å². The third kappa shape index (κ3) is 4.69. The Kier molecular flexibility index (Phi) is 4.64. The van der Waals surface area contributed by atoms with Crippen LogP contribution in [-0.4, -0.2) is 20.8 Å². The van der Waals surface area contributed by atoms with Crippen LogP contribution in [0, 0.1) is 23.1 Å². The van der Waals surface area contributed by atoms with Crippen molar-refractivity contribution in [2.24, 2.45) is 11.1 Å². The molecule has 0 heterocycles. The average Bonchev–Trinajstić information content (AvgIpc) is 2.25. The number of halogens is 1. The van der Waals surface area contributed by atoms with Gasteiger partial charge in [-0.3, -0.25) is 0 Å². The number of primary sulfonamides is 1. The van der Waals surface area contributed by atoms with E-state index in [1.807, 2.05) is 0 Å². The first-order valence-electron chi connectivity index (χ1n) is 5.14. The first kappa shape index (κ1) is 14.4. The summed E-state index contributed by atoms with van der Waals surface area (Å²) in [6.45, 7) is 1.66. The molecule has 5 nitrogen and oxygen atoms in total. The highest BCUT2D eigenvalue weighted by atomic mass is 32.2. The fourth-order valence-electron chi connectivity index (χ4n) is 1.36. The van der Waals surface area contributed by atoms with Crippen LogP contribution in [0.15, 0.2) is 18.2 Å².